The van der Waals surface area contributed by atoms with Gasteiger partial charge >= 0.3 is 6.16 Å². The van der Waals surface area contributed by atoms with Crippen molar-refractivity contribution in [2.75, 3.05) is 6.61 Å². The van der Waals surface area contributed by atoms with E-state index in [1.54, 1.807) is 6.61 Å². The van der Waals surface area contributed by atoms with E-state index < -0.39 is 6.16 Å². The number of carbonyl (C=O) groups is 1. The van der Waals surface area contributed by atoms with Gasteiger partial charge in [0, 0.05) is 0 Å². The normalized spacial score (nSPS) is 17.8. The topological polar surface area (TPSA) is 35.5 Å². The lowest BCUT2D eigenvalue weighted by Crippen LogP contribution is -2.15. The Kier molecular flexibility index (Phi) is 5.51. The summed E-state index contributed by atoms with van der Waals surface area (Å²) in [4.78, 5) is 11.1. The lowest BCUT2D eigenvalue weighted by molar-refractivity contribution is 0.0556. The molecule has 3 heteroatoms. The minimum absolute atomic E-state index is 0.354. The van der Waals surface area contributed by atoms with Crippen LogP contribution in [0.25, 0.3) is 0 Å². The summed E-state index contributed by atoms with van der Waals surface area (Å²) in [6, 6.07) is 0. The molecule has 0 saturated heterocycles. The van der Waals surface area contributed by atoms with Crippen LogP contribution in [0.2, 0.25) is 0 Å². The van der Waals surface area contributed by atoms with Crippen molar-refractivity contribution in [1.29, 1.82) is 0 Å². The molecule has 0 atom stereocenters. The highest BCUT2D eigenvalue weighted by molar-refractivity contribution is 5.60. The van der Waals surface area contributed by atoms with Crippen LogP contribution in [0.15, 0.2) is 0 Å². The third-order valence-electron chi connectivity index (χ3n) is 2.54. The van der Waals surface area contributed by atoms with Crippen LogP contribution < -0.4 is 0 Å². The van der Waals surface area contributed by atoms with E-state index in [4.69, 9.17) is 9.47 Å². The van der Waals surface area contributed by atoms with E-state index in [1.807, 2.05) is 13.8 Å². The zero-order chi connectivity index (χ0) is 11.1. The predicted octanol–water partition coefficient (Wildman–Crippen LogP) is 3.54. The molecule has 1 rings (SSSR count). The Morgan fingerprint density at radius 3 is 2.60 bits per heavy atom. The zero-order valence-electron chi connectivity index (χ0n) is 9.70. The summed E-state index contributed by atoms with van der Waals surface area (Å²) < 4.78 is 9.85. The molecule has 1 aliphatic carbocycles. The molecular formula is C12H21O3. The van der Waals surface area contributed by atoms with Crippen molar-refractivity contribution >= 4 is 6.16 Å². The summed E-state index contributed by atoms with van der Waals surface area (Å²) in [5, 5.41) is 0. The van der Waals surface area contributed by atoms with Gasteiger partial charge in [-0.3, -0.25) is 0 Å². The summed E-state index contributed by atoms with van der Waals surface area (Å²) in [5.74, 6) is 0.789. The third-order valence-corrected chi connectivity index (χ3v) is 2.54. The highest BCUT2D eigenvalue weighted by Gasteiger charge is 2.16. The average molecular weight is 213 g/mol. The van der Waals surface area contributed by atoms with E-state index >= 15 is 0 Å². The molecule has 0 spiro atoms. The predicted molar refractivity (Wildman–Crippen MR) is 58.1 cm³/mol. The fourth-order valence-electron chi connectivity index (χ4n) is 1.69. The molecule has 15 heavy (non-hydrogen) atoms. The second kappa shape index (κ2) is 6.70. The second-order valence-electron chi connectivity index (χ2n) is 4.61. The molecular weight excluding hydrogens is 192 g/mol. The number of hydrogen-bond acceptors (Lipinski definition) is 3. The van der Waals surface area contributed by atoms with Crippen molar-refractivity contribution in [3.05, 3.63) is 6.61 Å². The van der Waals surface area contributed by atoms with Gasteiger partial charge in [-0.1, -0.05) is 33.1 Å². The highest BCUT2D eigenvalue weighted by atomic mass is 16.7. The van der Waals surface area contributed by atoms with Gasteiger partial charge in [-0.2, -0.15) is 0 Å². The maximum absolute atomic E-state index is 11.1. The SMILES string of the molecule is CC(C)COC(=O)O[CH]C1CCCCC1. The van der Waals surface area contributed by atoms with Crippen molar-refractivity contribution < 1.29 is 14.3 Å². The van der Waals surface area contributed by atoms with Gasteiger partial charge in [0.1, 0.15) is 6.61 Å². The van der Waals surface area contributed by atoms with E-state index in [9.17, 15) is 4.79 Å². The first-order valence-electron chi connectivity index (χ1n) is 5.85. The van der Waals surface area contributed by atoms with E-state index in [2.05, 4.69) is 0 Å². The first-order valence-corrected chi connectivity index (χ1v) is 5.85. The molecule has 0 heterocycles. The molecule has 1 radical (unpaired) electrons. The molecule has 3 nitrogen and oxygen atoms in total. The summed E-state index contributed by atoms with van der Waals surface area (Å²) in [7, 11) is 0. The van der Waals surface area contributed by atoms with Gasteiger partial charge in [0.2, 0.25) is 0 Å². The minimum Gasteiger partial charge on any atom is -0.434 e. The smallest absolute Gasteiger partial charge is 0.434 e. The Balaban J connectivity index is 2.05. The molecule has 1 fully saturated rings. The molecule has 0 aromatic heterocycles. The molecule has 0 N–H and O–H groups in total. The Labute approximate surface area is 92.1 Å². The molecule has 1 saturated carbocycles. The Morgan fingerprint density at radius 2 is 2.00 bits per heavy atom. The van der Waals surface area contributed by atoms with Crippen molar-refractivity contribution in [1.82, 2.24) is 0 Å². The monoisotopic (exact) mass is 213 g/mol. The molecule has 0 amide bonds. The number of hydrogen-bond donors (Lipinski definition) is 0. The molecule has 1 aliphatic rings. The Hall–Kier alpha value is -0.730. The highest BCUT2D eigenvalue weighted by Crippen LogP contribution is 2.25. The maximum Gasteiger partial charge on any atom is 0.508 e. The first kappa shape index (κ1) is 12.3. The molecule has 0 unspecified atom stereocenters. The largest absolute Gasteiger partial charge is 0.508 e. The summed E-state index contributed by atoms with van der Waals surface area (Å²) in [6.45, 7) is 6.08. The molecule has 0 aromatic rings. The van der Waals surface area contributed by atoms with Crippen LogP contribution in [0.5, 0.6) is 0 Å². The lowest BCUT2D eigenvalue weighted by Gasteiger charge is -2.20. The summed E-state index contributed by atoms with van der Waals surface area (Å²) in [6.07, 6.45) is 5.50. The second-order valence-corrected chi connectivity index (χ2v) is 4.61. The van der Waals surface area contributed by atoms with Gasteiger partial charge in [-0.05, 0) is 24.7 Å². The van der Waals surface area contributed by atoms with Gasteiger partial charge < -0.3 is 9.47 Å². The van der Waals surface area contributed by atoms with Crippen LogP contribution in [0.1, 0.15) is 46.0 Å². The van der Waals surface area contributed by atoms with Crippen LogP contribution in [0.4, 0.5) is 4.79 Å². The number of carbonyl (C=O) groups excluding carboxylic acids is 1. The number of rotatable bonds is 4. The van der Waals surface area contributed by atoms with Crippen LogP contribution in [0, 0.1) is 18.4 Å². The summed E-state index contributed by atoms with van der Waals surface area (Å²) in [5.41, 5.74) is 0. The maximum atomic E-state index is 11.1. The van der Waals surface area contributed by atoms with E-state index in [0.717, 1.165) is 12.8 Å². The average Bonchev–Trinajstić information content (AvgIpc) is 2.25. The van der Waals surface area contributed by atoms with Crippen molar-refractivity contribution in [2.45, 2.75) is 46.0 Å². The standard InChI is InChI=1S/C12H21O3/c1-10(2)8-14-12(13)15-9-11-6-4-3-5-7-11/h9-11H,3-8H2,1-2H3. The van der Waals surface area contributed by atoms with Crippen LogP contribution >= 0.6 is 0 Å². The molecule has 0 bridgehead atoms. The quantitative estimate of drug-likeness (QED) is 0.670. The van der Waals surface area contributed by atoms with E-state index in [-0.39, 0.29) is 0 Å². The Morgan fingerprint density at radius 1 is 1.33 bits per heavy atom. The Bertz CT molecular complexity index is 183. The molecule has 87 valence electrons. The van der Waals surface area contributed by atoms with Crippen LogP contribution in [0.3, 0.4) is 0 Å². The zero-order valence-corrected chi connectivity index (χ0v) is 9.70. The van der Waals surface area contributed by atoms with Crippen molar-refractivity contribution in [3.63, 3.8) is 0 Å². The van der Waals surface area contributed by atoms with Crippen LogP contribution in [-0.4, -0.2) is 12.8 Å². The van der Waals surface area contributed by atoms with Gasteiger partial charge in [0.05, 0.1) is 6.61 Å². The summed E-state index contributed by atoms with van der Waals surface area (Å²) >= 11 is 0. The van der Waals surface area contributed by atoms with E-state index in [0.29, 0.717) is 18.4 Å². The van der Waals surface area contributed by atoms with Gasteiger partial charge in [0.15, 0.2) is 0 Å². The first-order chi connectivity index (χ1) is 7.18. The fraction of sp³-hybridized carbons (Fsp3) is 0.833. The molecule has 0 aliphatic heterocycles. The van der Waals surface area contributed by atoms with Gasteiger partial charge in [-0.25, -0.2) is 4.79 Å². The van der Waals surface area contributed by atoms with Crippen molar-refractivity contribution in [3.8, 4) is 0 Å². The minimum atomic E-state index is -0.561. The number of ether oxygens (including phenoxy) is 2. The van der Waals surface area contributed by atoms with Gasteiger partial charge in [-0.15, -0.1) is 0 Å². The van der Waals surface area contributed by atoms with Gasteiger partial charge in [0.25, 0.3) is 0 Å². The fourth-order valence-corrected chi connectivity index (χ4v) is 1.69. The van der Waals surface area contributed by atoms with Crippen molar-refractivity contribution in [2.24, 2.45) is 11.8 Å². The third kappa shape index (κ3) is 5.65. The van der Waals surface area contributed by atoms with Crippen LogP contribution in [-0.2, 0) is 9.47 Å². The molecule has 0 aromatic carbocycles. The lowest BCUT2D eigenvalue weighted by atomic mass is 9.90. The van der Waals surface area contributed by atoms with E-state index in [1.165, 1.54) is 19.3 Å².